The van der Waals surface area contributed by atoms with Gasteiger partial charge in [-0.15, -0.1) is 0 Å². The van der Waals surface area contributed by atoms with Gasteiger partial charge in [0.2, 0.25) is 5.91 Å². The summed E-state index contributed by atoms with van der Waals surface area (Å²) in [6.07, 6.45) is 1.69. The van der Waals surface area contributed by atoms with Gasteiger partial charge in [0, 0.05) is 12.6 Å². The Kier molecular flexibility index (Phi) is 7.66. The van der Waals surface area contributed by atoms with Gasteiger partial charge in [-0.3, -0.25) is 4.79 Å². The standard InChI is InChI=1S/C19H26N4O4/c1-4-6-11-23(13-18(24)21-17-12-14(3)27-22-17)19(25)20-15-9-7-8-10-16(15)26-5-2/h7-10,12H,4-6,11,13H2,1-3H3,(H,20,25)(H,21,22,24). The van der Waals surface area contributed by atoms with Crippen molar-refractivity contribution in [3.05, 3.63) is 36.1 Å². The number of anilines is 2. The lowest BCUT2D eigenvalue weighted by Gasteiger charge is -2.23. The van der Waals surface area contributed by atoms with Gasteiger partial charge in [0.05, 0.1) is 12.3 Å². The summed E-state index contributed by atoms with van der Waals surface area (Å²) in [7, 11) is 0. The second-order valence-corrected chi connectivity index (χ2v) is 6.01. The fourth-order valence-corrected chi connectivity index (χ4v) is 2.43. The molecule has 8 nitrogen and oxygen atoms in total. The Morgan fingerprint density at radius 3 is 2.67 bits per heavy atom. The Morgan fingerprint density at radius 1 is 1.22 bits per heavy atom. The lowest BCUT2D eigenvalue weighted by Crippen LogP contribution is -2.41. The van der Waals surface area contributed by atoms with Crippen molar-refractivity contribution in [3.63, 3.8) is 0 Å². The van der Waals surface area contributed by atoms with E-state index >= 15 is 0 Å². The molecule has 2 rings (SSSR count). The topological polar surface area (TPSA) is 96.7 Å². The first-order chi connectivity index (χ1) is 13.0. The summed E-state index contributed by atoms with van der Waals surface area (Å²) in [5.41, 5.74) is 0.568. The smallest absolute Gasteiger partial charge is 0.322 e. The first kappa shape index (κ1) is 20.3. The van der Waals surface area contributed by atoms with E-state index in [4.69, 9.17) is 9.26 Å². The third-order valence-corrected chi connectivity index (χ3v) is 3.73. The molecule has 0 aliphatic rings. The predicted octanol–water partition coefficient (Wildman–Crippen LogP) is 3.65. The van der Waals surface area contributed by atoms with Crippen molar-refractivity contribution in [3.8, 4) is 5.75 Å². The van der Waals surface area contributed by atoms with Crippen LogP contribution in [0.4, 0.5) is 16.3 Å². The molecule has 146 valence electrons. The average molecular weight is 374 g/mol. The van der Waals surface area contributed by atoms with Gasteiger partial charge >= 0.3 is 6.03 Å². The molecule has 8 heteroatoms. The van der Waals surface area contributed by atoms with Crippen molar-refractivity contribution in [1.82, 2.24) is 10.1 Å². The third kappa shape index (κ3) is 6.32. The molecule has 0 bridgehead atoms. The van der Waals surface area contributed by atoms with E-state index in [1.807, 2.05) is 26.0 Å². The summed E-state index contributed by atoms with van der Waals surface area (Å²) < 4.78 is 10.5. The van der Waals surface area contributed by atoms with Crippen molar-refractivity contribution in [1.29, 1.82) is 0 Å². The van der Waals surface area contributed by atoms with E-state index < -0.39 is 0 Å². The molecular formula is C19H26N4O4. The van der Waals surface area contributed by atoms with Gasteiger partial charge in [0.1, 0.15) is 18.1 Å². The van der Waals surface area contributed by atoms with Crippen LogP contribution in [0, 0.1) is 6.92 Å². The fraction of sp³-hybridized carbons (Fsp3) is 0.421. The summed E-state index contributed by atoms with van der Waals surface area (Å²) in [5, 5.41) is 9.18. The number of unbranched alkanes of at least 4 members (excludes halogenated alkanes) is 1. The maximum Gasteiger partial charge on any atom is 0.322 e. The summed E-state index contributed by atoms with van der Waals surface area (Å²) >= 11 is 0. The second kappa shape index (κ2) is 10.2. The number of urea groups is 1. The fourth-order valence-electron chi connectivity index (χ4n) is 2.43. The van der Waals surface area contributed by atoms with E-state index in [2.05, 4.69) is 15.8 Å². The summed E-state index contributed by atoms with van der Waals surface area (Å²) in [6, 6.07) is 8.46. The van der Waals surface area contributed by atoms with Crippen LogP contribution < -0.4 is 15.4 Å². The zero-order chi connectivity index (χ0) is 19.6. The minimum atomic E-state index is -0.359. The molecule has 0 atom stereocenters. The van der Waals surface area contributed by atoms with Gasteiger partial charge in [-0.25, -0.2) is 4.79 Å². The number of benzene rings is 1. The van der Waals surface area contributed by atoms with Crippen molar-refractivity contribution in [2.24, 2.45) is 0 Å². The molecule has 27 heavy (non-hydrogen) atoms. The van der Waals surface area contributed by atoms with Crippen LogP contribution in [0.15, 0.2) is 34.9 Å². The van der Waals surface area contributed by atoms with Crippen LogP contribution in [-0.2, 0) is 4.79 Å². The third-order valence-electron chi connectivity index (χ3n) is 3.73. The number of carbonyl (C=O) groups excluding carboxylic acids is 2. The number of aryl methyl sites for hydroxylation is 1. The number of rotatable bonds is 9. The van der Waals surface area contributed by atoms with Crippen molar-refractivity contribution in [2.75, 3.05) is 30.3 Å². The van der Waals surface area contributed by atoms with Crippen LogP contribution in [-0.4, -0.2) is 41.7 Å². The van der Waals surface area contributed by atoms with Gasteiger partial charge in [0.25, 0.3) is 0 Å². The molecule has 0 aliphatic carbocycles. The van der Waals surface area contributed by atoms with E-state index in [1.165, 1.54) is 4.90 Å². The molecule has 3 amide bonds. The molecule has 0 fully saturated rings. The van der Waals surface area contributed by atoms with Gasteiger partial charge in [0.15, 0.2) is 5.82 Å². The Balaban J connectivity index is 2.03. The van der Waals surface area contributed by atoms with Crippen LogP contribution in [0.3, 0.4) is 0 Å². The van der Waals surface area contributed by atoms with E-state index in [0.717, 1.165) is 12.8 Å². The number of para-hydroxylation sites is 2. The second-order valence-electron chi connectivity index (χ2n) is 6.01. The highest BCUT2D eigenvalue weighted by molar-refractivity contribution is 5.97. The number of nitrogens with zero attached hydrogens (tertiary/aromatic N) is 2. The molecule has 0 radical (unpaired) electrons. The number of carbonyl (C=O) groups is 2. The number of ether oxygens (including phenoxy) is 1. The average Bonchev–Trinajstić information content (AvgIpc) is 3.05. The number of hydrogen-bond acceptors (Lipinski definition) is 5. The maximum atomic E-state index is 12.7. The minimum Gasteiger partial charge on any atom is -0.492 e. The van der Waals surface area contributed by atoms with Gasteiger partial charge in [-0.05, 0) is 32.4 Å². The highest BCUT2D eigenvalue weighted by Crippen LogP contribution is 2.24. The maximum absolute atomic E-state index is 12.7. The van der Waals surface area contributed by atoms with Crippen LogP contribution in [0.25, 0.3) is 0 Å². The highest BCUT2D eigenvalue weighted by Gasteiger charge is 2.19. The number of hydrogen-bond donors (Lipinski definition) is 2. The predicted molar refractivity (Wildman–Crippen MR) is 103 cm³/mol. The first-order valence-electron chi connectivity index (χ1n) is 9.04. The van der Waals surface area contributed by atoms with E-state index in [1.54, 1.807) is 25.1 Å². The Hall–Kier alpha value is -3.03. The lowest BCUT2D eigenvalue weighted by atomic mass is 10.3. The largest absolute Gasteiger partial charge is 0.492 e. The molecule has 0 spiro atoms. The summed E-state index contributed by atoms with van der Waals surface area (Å²) in [6.45, 7) is 6.51. The molecule has 1 aromatic heterocycles. The Labute approximate surface area is 158 Å². The molecular weight excluding hydrogens is 348 g/mol. The van der Waals surface area contributed by atoms with Crippen LogP contribution >= 0.6 is 0 Å². The quantitative estimate of drug-likeness (QED) is 0.698. The van der Waals surface area contributed by atoms with Gasteiger partial charge < -0.3 is 24.8 Å². The van der Waals surface area contributed by atoms with Crippen LogP contribution in [0.1, 0.15) is 32.4 Å². The number of amides is 3. The van der Waals surface area contributed by atoms with E-state index in [-0.39, 0.29) is 18.5 Å². The first-order valence-corrected chi connectivity index (χ1v) is 9.04. The van der Waals surface area contributed by atoms with Gasteiger partial charge in [-0.2, -0.15) is 0 Å². The minimum absolute atomic E-state index is 0.0887. The molecule has 2 aromatic rings. The molecule has 1 aromatic carbocycles. The molecule has 0 saturated heterocycles. The zero-order valence-corrected chi connectivity index (χ0v) is 15.9. The van der Waals surface area contributed by atoms with Crippen molar-refractivity contribution >= 4 is 23.4 Å². The lowest BCUT2D eigenvalue weighted by molar-refractivity contribution is -0.116. The zero-order valence-electron chi connectivity index (χ0n) is 15.9. The Morgan fingerprint density at radius 2 is 2.00 bits per heavy atom. The molecule has 0 unspecified atom stereocenters. The highest BCUT2D eigenvalue weighted by atomic mass is 16.5. The molecule has 0 aliphatic heterocycles. The van der Waals surface area contributed by atoms with Crippen LogP contribution in [0.2, 0.25) is 0 Å². The SMILES string of the molecule is CCCCN(CC(=O)Nc1cc(C)on1)C(=O)Nc1ccccc1OCC. The molecule has 1 heterocycles. The van der Waals surface area contributed by atoms with Crippen molar-refractivity contribution in [2.45, 2.75) is 33.6 Å². The molecule has 0 saturated carbocycles. The summed E-state index contributed by atoms with van der Waals surface area (Å²) in [4.78, 5) is 26.5. The van der Waals surface area contributed by atoms with Gasteiger partial charge in [-0.1, -0.05) is 30.6 Å². The molecule has 2 N–H and O–H groups in total. The monoisotopic (exact) mass is 374 g/mol. The van der Waals surface area contributed by atoms with Crippen LogP contribution in [0.5, 0.6) is 5.75 Å². The number of aromatic nitrogens is 1. The Bertz CT molecular complexity index is 760. The van der Waals surface area contributed by atoms with E-state index in [9.17, 15) is 9.59 Å². The van der Waals surface area contributed by atoms with Crippen molar-refractivity contribution < 1.29 is 18.8 Å². The normalized spacial score (nSPS) is 10.3. The van der Waals surface area contributed by atoms with E-state index in [0.29, 0.717) is 36.2 Å². The number of nitrogens with one attached hydrogen (secondary N) is 2. The summed E-state index contributed by atoms with van der Waals surface area (Å²) in [5.74, 6) is 1.17.